The van der Waals surface area contributed by atoms with E-state index in [1.807, 2.05) is 25.1 Å². The molecule has 0 spiro atoms. The maximum atomic E-state index is 12.1. The molecule has 0 aliphatic rings. The zero-order valence-corrected chi connectivity index (χ0v) is 13.5. The molecule has 2 amide bonds. The van der Waals surface area contributed by atoms with E-state index in [0.29, 0.717) is 17.7 Å². The Bertz CT molecular complexity index is 776. The van der Waals surface area contributed by atoms with Crippen LogP contribution in [0.2, 0.25) is 0 Å². The molecule has 23 heavy (non-hydrogen) atoms. The molecule has 0 unspecified atom stereocenters. The topological polar surface area (TPSA) is 101 Å². The zero-order chi connectivity index (χ0) is 16.9. The lowest BCUT2D eigenvalue weighted by atomic mass is 10.1. The van der Waals surface area contributed by atoms with E-state index in [1.54, 1.807) is 24.3 Å². The molecule has 0 heterocycles. The van der Waals surface area contributed by atoms with Gasteiger partial charge in [-0.25, -0.2) is 18.4 Å². The van der Waals surface area contributed by atoms with E-state index in [-0.39, 0.29) is 17.0 Å². The Hall–Kier alpha value is -2.38. The highest BCUT2D eigenvalue weighted by molar-refractivity contribution is 7.89. The minimum absolute atomic E-state index is 0.0266. The minimum atomic E-state index is -3.77. The molecule has 122 valence electrons. The number of primary sulfonamides is 1. The Labute approximate surface area is 135 Å². The molecule has 0 radical (unpaired) electrons. The quantitative estimate of drug-likeness (QED) is 0.784. The Morgan fingerprint density at radius 3 is 2.43 bits per heavy atom. The maximum Gasteiger partial charge on any atom is 0.319 e. The number of anilines is 1. The molecule has 2 aromatic rings. The predicted molar refractivity (Wildman–Crippen MR) is 89.4 cm³/mol. The highest BCUT2D eigenvalue weighted by atomic mass is 32.2. The second-order valence-electron chi connectivity index (χ2n) is 5.04. The summed E-state index contributed by atoms with van der Waals surface area (Å²) in [6.45, 7) is 1.90. The molecule has 7 heteroatoms. The summed E-state index contributed by atoms with van der Waals surface area (Å²) in [7, 11) is -3.77. The van der Waals surface area contributed by atoms with Crippen LogP contribution in [0.4, 0.5) is 10.5 Å². The van der Waals surface area contributed by atoms with Crippen LogP contribution < -0.4 is 15.8 Å². The number of carbonyl (C=O) groups is 1. The highest BCUT2D eigenvalue weighted by Crippen LogP contribution is 2.20. The Balaban J connectivity index is 2.12. The highest BCUT2D eigenvalue weighted by Gasteiger charge is 2.15. The van der Waals surface area contributed by atoms with Crippen molar-refractivity contribution in [3.05, 3.63) is 60.2 Å². The number of sulfonamides is 1. The van der Waals surface area contributed by atoms with Gasteiger partial charge in [0, 0.05) is 5.69 Å². The lowest BCUT2D eigenvalue weighted by molar-refractivity contribution is 0.248. The molecular weight excluding hydrogens is 314 g/mol. The standard InChI is InChI=1S/C16H19N3O3S/c1-2-15(12-7-6-10-14(11-12)23(17,21)22)19-16(20)18-13-8-4-3-5-9-13/h3-11,15H,2H2,1H3,(H2,17,21,22)(H2,18,19,20)/t15-/m1/s1. The summed E-state index contributed by atoms with van der Waals surface area (Å²) < 4.78 is 22.9. The first-order chi connectivity index (χ1) is 10.9. The summed E-state index contributed by atoms with van der Waals surface area (Å²) in [6, 6.07) is 14.7. The number of urea groups is 1. The van der Waals surface area contributed by atoms with Crippen molar-refractivity contribution in [2.24, 2.45) is 5.14 Å². The van der Waals surface area contributed by atoms with Gasteiger partial charge in [-0.3, -0.25) is 0 Å². The smallest absolute Gasteiger partial charge is 0.319 e. The van der Waals surface area contributed by atoms with Crippen LogP contribution in [0.1, 0.15) is 24.9 Å². The van der Waals surface area contributed by atoms with Crippen LogP contribution >= 0.6 is 0 Å². The summed E-state index contributed by atoms with van der Waals surface area (Å²) >= 11 is 0. The molecule has 0 fully saturated rings. The Morgan fingerprint density at radius 1 is 1.13 bits per heavy atom. The van der Waals surface area contributed by atoms with Crippen LogP contribution in [0.15, 0.2) is 59.5 Å². The van der Waals surface area contributed by atoms with Crippen LogP contribution in [0.5, 0.6) is 0 Å². The number of rotatable bonds is 5. The van der Waals surface area contributed by atoms with Gasteiger partial charge < -0.3 is 10.6 Å². The van der Waals surface area contributed by atoms with Crippen molar-refractivity contribution in [2.75, 3.05) is 5.32 Å². The zero-order valence-electron chi connectivity index (χ0n) is 12.7. The van der Waals surface area contributed by atoms with Gasteiger partial charge in [0.1, 0.15) is 0 Å². The van der Waals surface area contributed by atoms with Crippen LogP contribution in [-0.2, 0) is 10.0 Å². The molecule has 1 atom stereocenters. The van der Waals surface area contributed by atoms with Crippen molar-refractivity contribution in [1.29, 1.82) is 0 Å². The van der Waals surface area contributed by atoms with E-state index >= 15 is 0 Å². The van der Waals surface area contributed by atoms with Gasteiger partial charge in [-0.1, -0.05) is 37.3 Å². The van der Waals surface area contributed by atoms with E-state index in [2.05, 4.69) is 10.6 Å². The number of nitrogens with one attached hydrogen (secondary N) is 2. The van der Waals surface area contributed by atoms with Gasteiger partial charge in [0.05, 0.1) is 10.9 Å². The van der Waals surface area contributed by atoms with E-state index in [4.69, 9.17) is 5.14 Å². The van der Waals surface area contributed by atoms with Crippen molar-refractivity contribution in [1.82, 2.24) is 5.32 Å². The number of benzene rings is 2. The fraction of sp³-hybridized carbons (Fsp3) is 0.188. The summed E-state index contributed by atoms with van der Waals surface area (Å²) in [5, 5.41) is 10.7. The monoisotopic (exact) mass is 333 g/mol. The van der Waals surface area contributed by atoms with Crippen molar-refractivity contribution in [2.45, 2.75) is 24.3 Å². The first kappa shape index (κ1) is 17.0. The van der Waals surface area contributed by atoms with Gasteiger partial charge in [-0.2, -0.15) is 0 Å². The van der Waals surface area contributed by atoms with Gasteiger partial charge in [-0.15, -0.1) is 0 Å². The van der Waals surface area contributed by atoms with Crippen molar-refractivity contribution >= 4 is 21.7 Å². The average molecular weight is 333 g/mol. The van der Waals surface area contributed by atoms with Crippen LogP contribution in [0.3, 0.4) is 0 Å². The van der Waals surface area contributed by atoms with Gasteiger partial charge in [-0.05, 0) is 36.2 Å². The number of amides is 2. The molecule has 0 aromatic heterocycles. The predicted octanol–water partition coefficient (Wildman–Crippen LogP) is 2.61. The summed E-state index contributed by atoms with van der Waals surface area (Å²) in [5.41, 5.74) is 1.36. The van der Waals surface area contributed by atoms with Crippen LogP contribution in [0, 0.1) is 0 Å². The fourth-order valence-corrected chi connectivity index (χ4v) is 2.74. The first-order valence-corrected chi connectivity index (χ1v) is 8.70. The Kier molecular flexibility index (Phi) is 5.36. The lowest BCUT2D eigenvalue weighted by Crippen LogP contribution is -2.32. The molecule has 4 N–H and O–H groups in total. The minimum Gasteiger partial charge on any atom is -0.331 e. The maximum absolute atomic E-state index is 12.1. The molecule has 2 rings (SSSR count). The van der Waals surface area contributed by atoms with Crippen molar-refractivity contribution in [3.8, 4) is 0 Å². The van der Waals surface area contributed by atoms with E-state index in [0.717, 1.165) is 0 Å². The summed E-state index contributed by atoms with van der Waals surface area (Å²) in [5.74, 6) is 0. The van der Waals surface area contributed by atoms with Crippen LogP contribution in [-0.4, -0.2) is 14.4 Å². The third-order valence-electron chi connectivity index (χ3n) is 3.33. The van der Waals surface area contributed by atoms with Gasteiger partial charge in [0.2, 0.25) is 10.0 Å². The number of hydrogen-bond donors (Lipinski definition) is 3. The number of para-hydroxylation sites is 1. The lowest BCUT2D eigenvalue weighted by Gasteiger charge is -2.18. The number of hydrogen-bond acceptors (Lipinski definition) is 3. The molecule has 0 aliphatic carbocycles. The normalized spacial score (nSPS) is 12.4. The van der Waals surface area contributed by atoms with E-state index in [9.17, 15) is 13.2 Å². The van der Waals surface area contributed by atoms with Gasteiger partial charge in [0.15, 0.2) is 0 Å². The molecule has 0 saturated heterocycles. The fourth-order valence-electron chi connectivity index (χ4n) is 2.18. The first-order valence-electron chi connectivity index (χ1n) is 7.15. The van der Waals surface area contributed by atoms with Crippen molar-refractivity contribution < 1.29 is 13.2 Å². The van der Waals surface area contributed by atoms with Crippen molar-refractivity contribution in [3.63, 3.8) is 0 Å². The van der Waals surface area contributed by atoms with E-state index in [1.165, 1.54) is 12.1 Å². The Morgan fingerprint density at radius 2 is 1.83 bits per heavy atom. The molecule has 0 bridgehead atoms. The van der Waals surface area contributed by atoms with Gasteiger partial charge in [0.25, 0.3) is 0 Å². The average Bonchev–Trinajstić information content (AvgIpc) is 2.53. The second-order valence-corrected chi connectivity index (χ2v) is 6.60. The summed E-state index contributed by atoms with van der Waals surface area (Å²) in [6.07, 6.45) is 0.607. The summed E-state index contributed by atoms with van der Waals surface area (Å²) in [4.78, 5) is 12.1. The van der Waals surface area contributed by atoms with E-state index < -0.39 is 10.0 Å². The molecule has 6 nitrogen and oxygen atoms in total. The number of carbonyl (C=O) groups excluding carboxylic acids is 1. The molecular formula is C16H19N3O3S. The third kappa shape index (κ3) is 4.80. The van der Waals surface area contributed by atoms with Crippen LogP contribution in [0.25, 0.3) is 0 Å². The largest absolute Gasteiger partial charge is 0.331 e. The van der Waals surface area contributed by atoms with Gasteiger partial charge >= 0.3 is 6.03 Å². The molecule has 0 saturated carbocycles. The third-order valence-corrected chi connectivity index (χ3v) is 4.25. The molecule has 0 aliphatic heterocycles. The molecule has 2 aromatic carbocycles. The SMILES string of the molecule is CC[C@@H](NC(=O)Nc1ccccc1)c1cccc(S(N)(=O)=O)c1. The second kappa shape index (κ2) is 7.26. The number of nitrogens with two attached hydrogens (primary N) is 1.